The fourth-order valence-electron chi connectivity index (χ4n) is 1.88. The molecule has 0 aromatic heterocycles. The Morgan fingerprint density at radius 1 is 1.77 bits per heavy atom. The predicted molar refractivity (Wildman–Crippen MR) is 48.9 cm³/mol. The van der Waals surface area contributed by atoms with E-state index in [-0.39, 0.29) is 5.91 Å². The predicted octanol–water partition coefficient (Wildman–Crippen LogP) is 1.06. The smallest absolute Gasteiger partial charge is 0.216 e. The first-order valence-electron chi connectivity index (χ1n) is 4.82. The van der Waals surface area contributed by atoms with Gasteiger partial charge in [-0.1, -0.05) is 0 Å². The van der Waals surface area contributed by atoms with E-state index in [1.54, 1.807) is 6.92 Å². The van der Waals surface area contributed by atoms with Gasteiger partial charge in [-0.3, -0.25) is 4.79 Å². The summed E-state index contributed by atoms with van der Waals surface area (Å²) in [7, 11) is 0. The average molecular weight is 181 g/mol. The van der Waals surface area contributed by atoms with Crippen LogP contribution in [0.15, 0.2) is 11.8 Å². The first-order chi connectivity index (χ1) is 6.27. The number of hydrogen-bond acceptors (Lipinski definition) is 2. The maximum absolute atomic E-state index is 10.7. The molecular formula is C10H15NO2. The van der Waals surface area contributed by atoms with E-state index in [1.807, 2.05) is 6.26 Å². The third-order valence-electron chi connectivity index (χ3n) is 2.76. The second kappa shape index (κ2) is 3.40. The molecule has 2 rings (SSSR count). The molecule has 1 saturated carbocycles. The van der Waals surface area contributed by atoms with Crippen molar-refractivity contribution in [3.8, 4) is 0 Å². The Balaban J connectivity index is 1.73. The van der Waals surface area contributed by atoms with Crippen molar-refractivity contribution in [2.75, 3.05) is 13.2 Å². The molecule has 13 heavy (non-hydrogen) atoms. The molecule has 0 saturated heterocycles. The van der Waals surface area contributed by atoms with Crippen LogP contribution in [0.3, 0.4) is 0 Å². The summed E-state index contributed by atoms with van der Waals surface area (Å²) in [6.45, 7) is 3.24. The van der Waals surface area contributed by atoms with Crippen molar-refractivity contribution in [2.24, 2.45) is 11.8 Å². The normalized spacial score (nSPS) is 30.7. The van der Waals surface area contributed by atoms with E-state index in [1.165, 1.54) is 12.0 Å². The van der Waals surface area contributed by atoms with E-state index in [2.05, 4.69) is 5.32 Å². The Labute approximate surface area is 78.1 Å². The van der Waals surface area contributed by atoms with Gasteiger partial charge in [0.15, 0.2) is 0 Å². The van der Waals surface area contributed by atoms with Crippen LogP contribution in [-0.4, -0.2) is 19.1 Å². The SMILES string of the molecule is CC(=O)NC[C@@H]1C[C@H]1C1=COCC1. The average Bonchev–Trinajstić information content (AvgIpc) is 2.66. The van der Waals surface area contributed by atoms with Crippen molar-refractivity contribution in [2.45, 2.75) is 19.8 Å². The van der Waals surface area contributed by atoms with E-state index in [0.29, 0.717) is 11.8 Å². The molecule has 72 valence electrons. The van der Waals surface area contributed by atoms with Crippen LogP contribution in [0.2, 0.25) is 0 Å². The summed E-state index contributed by atoms with van der Waals surface area (Å²) in [6.07, 6.45) is 4.20. The van der Waals surface area contributed by atoms with Gasteiger partial charge in [-0.15, -0.1) is 0 Å². The van der Waals surface area contributed by atoms with E-state index >= 15 is 0 Å². The molecule has 0 radical (unpaired) electrons. The van der Waals surface area contributed by atoms with Crippen molar-refractivity contribution >= 4 is 5.91 Å². The highest BCUT2D eigenvalue weighted by Crippen LogP contribution is 2.45. The van der Waals surface area contributed by atoms with Crippen LogP contribution in [0.5, 0.6) is 0 Å². The van der Waals surface area contributed by atoms with Crippen LogP contribution < -0.4 is 5.32 Å². The van der Waals surface area contributed by atoms with Crippen LogP contribution in [0, 0.1) is 11.8 Å². The van der Waals surface area contributed by atoms with Gasteiger partial charge in [0.25, 0.3) is 0 Å². The Morgan fingerprint density at radius 2 is 2.62 bits per heavy atom. The van der Waals surface area contributed by atoms with E-state index in [9.17, 15) is 4.79 Å². The zero-order valence-corrected chi connectivity index (χ0v) is 7.88. The minimum absolute atomic E-state index is 0.0716. The van der Waals surface area contributed by atoms with Gasteiger partial charge in [-0.25, -0.2) is 0 Å². The van der Waals surface area contributed by atoms with Gasteiger partial charge in [0.05, 0.1) is 12.9 Å². The van der Waals surface area contributed by atoms with Crippen molar-refractivity contribution in [3.05, 3.63) is 11.8 Å². The fraction of sp³-hybridized carbons (Fsp3) is 0.700. The summed E-state index contributed by atoms with van der Waals surface area (Å²) in [6, 6.07) is 0. The monoisotopic (exact) mass is 181 g/mol. The first-order valence-corrected chi connectivity index (χ1v) is 4.82. The lowest BCUT2D eigenvalue weighted by atomic mass is 10.1. The standard InChI is InChI=1S/C10H15NO2/c1-7(12)11-5-9-4-10(9)8-2-3-13-6-8/h6,9-10H,2-5H2,1H3,(H,11,12)/t9-,10-/m0/s1. The second-order valence-corrected chi connectivity index (χ2v) is 3.85. The van der Waals surface area contributed by atoms with Gasteiger partial charge < -0.3 is 10.1 Å². The zero-order chi connectivity index (χ0) is 9.26. The summed E-state index contributed by atoms with van der Waals surface area (Å²) in [5.41, 5.74) is 1.44. The lowest BCUT2D eigenvalue weighted by Gasteiger charge is -2.00. The Kier molecular flexibility index (Phi) is 2.25. The molecule has 2 aliphatic rings. The van der Waals surface area contributed by atoms with Crippen LogP contribution >= 0.6 is 0 Å². The first kappa shape index (κ1) is 8.60. The molecule has 3 heteroatoms. The van der Waals surface area contributed by atoms with Gasteiger partial charge in [0, 0.05) is 19.9 Å². The Hall–Kier alpha value is -0.990. The summed E-state index contributed by atoms with van der Waals surface area (Å²) in [5.74, 6) is 1.42. The van der Waals surface area contributed by atoms with Gasteiger partial charge >= 0.3 is 0 Å². The number of carbonyl (C=O) groups is 1. The van der Waals surface area contributed by atoms with E-state index < -0.39 is 0 Å². The molecule has 0 bridgehead atoms. The molecule has 0 unspecified atom stereocenters. The number of rotatable bonds is 3. The number of amides is 1. The molecule has 3 nitrogen and oxygen atoms in total. The number of carbonyl (C=O) groups excluding carboxylic acids is 1. The molecular weight excluding hydrogens is 166 g/mol. The largest absolute Gasteiger partial charge is 0.501 e. The molecule has 0 spiro atoms. The lowest BCUT2D eigenvalue weighted by Crippen LogP contribution is -2.22. The van der Waals surface area contributed by atoms with E-state index in [4.69, 9.17) is 4.74 Å². The molecule has 1 amide bonds. The van der Waals surface area contributed by atoms with Gasteiger partial charge in [-0.2, -0.15) is 0 Å². The molecule has 1 fully saturated rings. The molecule has 0 aromatic rings. The molecule has 1 N–H and O–H groups in total. The summed E-state index contributed by atoms with van der Waals surface area (Å²) < 4.78 is 5.18. The Morgan fingerprint density at radius 3 is 3.23 bits per heavy atom. The van der Waals surface area contributed by atoms with Crippen molar-refractivity contribution in [1.29, 1.82) is 0 Å². The molecule has 2 atom stereocenters. The quantitative estimate of drug-likeness (QED) is 0.707. The zero-order valence-electron chi connectivity index (χ0n) is 7.88. The summed E-state index contributed by atoms with van der Waals surface area (Å²) in [5, 5.41) is 2.85. The topological polar surface area (TPSA) is 38.3 Å². The van der Waals surface area contributed by atoms with E-state index in [0.717, 1.165) is 19.6 Å². The van der Waals surface area contributed by atoms with Crippen molar-refractivity contribution in [1.82, 2.24) is 5.32 Å². The number of nitrogens with one attached hydrogen (secondary N) is 1. The molecule has 1 aliphatic heterocycles. The maximum atomic E-state index is 10.7. The minimum Gasteiger partial charge on any atom is -0.501 e. The van der Waals surface area contributed by atoms with Gasteiger partial charge in [0.1, 0.15) is 0 Å². The summed E-state index contributed by atoms with van der Waals surface area (Å²) >= 11 is 0. The third kappa shape index (κ3) is 2.02. The highest BCUT2D eigenvalue weighted by atomic mass is 16.5. The number of ether oxygens (including phenoxy) is 1. The second-order valence-electron chi connectivity index (χ2n) is 3.85. The number of hydrogen-bond donors (Lipinski definition) is 1. The van der Waals surface area contributed by atoms with Gasteiger partial charge in [0.2, 0.25) is 5.91 Å². The van der Waals surface area contributed by atoms with Crippen molar-refractivity contribution < 1.29 is 9.53 Å². The molecule has 1 aliphatic carbocycles. The van der Waals surface area contributed by atoms with Gasteiger partial charge in [-0.05, 0) is 23.8 Å². The lowest BCUT2D eigenvalue weighted by molar-refractivity contribution is -0.119. The Bertz CT molecular complexity index is 247. The van der Waals surface area contributed by atoms with Crippen molar-refractivity contribution in [3.63, 3.8) is 0 Å². The van der Waals surface area contributed by atoms with Crippen LogP contribution in [-0.2, 0) is 9.53 Å². The fourth-order valence-corrected chi connectivity index (χ4v) is 1.88. The third-order valence-corrected chi connectivity index (χ3v) is 2.76. The molecule has 0 aromatic carbocycles. The highest BCUT2D eigenvalue weighted by molar-refractivity contribution is 5.72. The maximum Gasteiger partial charge on any atom is 0.216 e. The minimum atomic E-state index is 0.0716. The van der Waals surface area contributed by atoms with Crippen LogP contribution in [0.25, 0.3) is 0 Å². The van der Waals surface area contributed by atoms with Crippen LogP contribution in [0.1, 0.15) is 19.8 Å². The van der Waals surface area contributed by atoms with Crippen LogP contribution in [0.4, 0.5) is 0 Å². The molecule has 1 heterocycles. The summed E-state index contributed by atoms with van der Waals surface area (Å²) in [4.78, 5) is 10.7. The highest BCUT2D eigenvalue weighted by Gasteiger charge is 2.40.